The molecule has 5 nitrogen and oxygen atoms in total. The van der Waals surface area contributed by atoms with Gasteiger partial charge in [-0.15, -0.1) is 0 Å². The van der Waals surface area contributed by atoms with Gasteiger partial charge in [0, 0.05) is 30.1 Å². The van der Waals surface area contributed by atoms with Crippen LogP contribution >= 0.6 is 11.8 Å². The highest BCUT2D eigenvalue weighted by Crippen LogP contribution is 2.54. The molecule has 2 heterocycles. The standard InChI is InChI=1S/C22H38N2O3S/c1-2-3-7-11-21(26)24-16-22(27)23-15-18-17(19-12-13-20(18)28-19)10-8-5-4-6-9-14-25/h5,8,17-20,25H,2-4,6-7,9-16H2,1H3,(H,23,27)(H,24,26)/t17-,18+,19-,20+/m0/s1. The maximum atomic E-state index is 12.1. The van der Waals surface area contributed by atoms with Gasteiger partial charge < -0.3 is 15.7 Å². The van der Waals surface area contributed by atoms with Gasteiger partial charge in [-0.3, -0.25) is 9.59 Å². The lowest BCUT2D eigenvalue weighted by Crippen LogP contribution is -2.42. The van der Waals surface area contributed by atoms with Gasteiger partial charge in [-0.1, -0.05) is 31.9 Å². The van der Waals surface area contributed by atoms with Crippen molar-refractivity contribution in [3.8, 4) is 0 Å². The number of thioether (sulfide) groups is 1. The Hall–Kier alpha value is -1.01. The summed E-state index contributed by atoms with van der Waals surface area (Å²) in [7, 11) is 0. The van der Waals surface area contributed by atoms with E-state index in [1.165, 1.54) is 12.8 Å². The topological polar surface area (TPSA) is 78.4 Å². The number of fused-ring (bicyclic) bond motifs is 2. The second-order valence-corrected chi connectivity index (χ2v) is 9.57. The number of hydrogen-bond acceptors (Lipinski definition) is 4. The quantitative estimate of drug-likeness (QED) is 0.303. The summed E-state index contributed by atoms with van der Waals surface area (Å²) in [4.78, 5) is 23.9. The first-order chi connectivity index (χ1) is 13.7. The Morgan fingerprint density at radius 1 is 1.00 bits per heavy atom. The van der Waals surface area contributed by atoms with Crippen molar-refractivity contribution in [3.63, 3.8) is 0 Å². The van der Waals surface area contributed by atoms with Crippen molar-refractivity contribution < 1.29 is 14.7 Å². The Kier molecular flexibility index (Phi) is 11.0. The third-order valence-corrected chi connectivity index (χ3v) is 7.80. The molecule has 2 rings (SSSR count). The van der Waals surface area contributed by atoms with Crippen LogP contribution in [-0.4, -0.2) is 47.1 Å². The highest BCUT2D eigenvalue weighted by Gasteiger charge is 2.47. The Morgan fingerprint density at radius 2 is 1.79 bits per heavy atom. The zero-order chi connectivity index (χ0) is 20.2. The first-order valence-electron chi connectivity index (χ1n) is 11.1. The molecule has 3 N–H and O–H groups in total. The summed E-state index contributed by atoms with van der Waals surface area (Å²) in [5.74, 6) is 1.08. The van der Waals surface area contributed by atoms with Crippen molar-refractivity contribution in [2.24, 2.45) is 11.8 Å². The molecule has 6 heteroatoms. The second kappa shape index (κ2) is 13.3. The van der Waals surface area contributed by atoms with E-state index < -0.39 is 0 Å². The molecule has 0 radical (unpaired) electrons. The van der Waals surface area contributed by atoms with Crippen LogP contribution in [0.3, 0.4) is 0 Å². The predicted molar refractivity (Wildman–Crippen MR) is 116 cm³/mol. The molecule has 2 amide bonds. The van der Waals surface area contributed by atoms with E-state index in [0.29, 0.717) is 23.5 Å². The van der Waals surface area contributed by atoms with Gasteiger partial charge >= 0.3 is 0 Å². The number of rotatable bonds is 14. The molecule has 2 aliphatic rings. The molecular formula is C22H38N2O3S. The molecule has 2 fully saturated rings. The van der Waals surface area contributed by atoms with E-state index in [4.69, 9.17) is 5.11 Å². The minimum Gasteiger partial charge on any atom is -0.396 e. The van der Waals surface area contributed by atoms with E-state index in [9.17, 15) is 9.59 Å². The van der Waals surface area contributed by atoms with Crippen LogP contribution in [0.4, 0.5) is 0 Å². The molecule has 0 aromatic rings. The monoisotopic (exact) mass is 410 g/mol. The highest BCUT2D eigenvalue weighted by molar-refractivity contribution is 8.01. The molecule has 2 saturated heterocycles. The highest BCUT2D eigenvalue weighted by atomic mass is 32.2. The van der Waals surface area contributed by atoms with Gasteiger partial charge in [0.05, 0.1) is 6.54 Å². The Bertz CT molecular complexity index is 512. The lowest BCUT2D eigenvalue weighted by Gasteiger charge is -2.29. The van der Waals surface area contributed by atoms with Crippen LogP contribution in [0.2, 0.25) is 0 Å². The summed E-state index contributed by atoms with van der Waals surface area (Å²) in [5, 5.41) is 16.0. The fourth-order valence-corrected chi connectivity index (χ4v) is 6.33. The lowest BCUT2D eigenvalue weighted by atomic mass is 9.77. The molecule has 0 aromatic carbocycles. The fraction of sp³-hybridized carbons (Fsp3) is 0.818. The van der Waals surface area contributed by atoms with Crippen LogP contribution < -0.4 is 10.6 Å². The van der Waals surface area contributed by atoms with Crippen molar-refractivity contribution in [2.45, 2.75) is 81.6 Å². The molecule has 4 atom stereocenters. The van der Waals surface area contributed by atoms with Crippen molar-refractivity contribution in [3.05, 3.63) is 12.2 Å². The van der Waals surface area contributed by atoms with Crippen molar-refractivity contribution in [1.82, 2.24) is 10.6 Å². The number of aliphatic hydroxyl groups excluding tert-OH is 1. The zero-order valence-corrected chi connectivity index (χ0v) is 18.1. The van der Waals surface area contributed by atoms with Crippen LogP contribution in [0.1, 0.15) is 71.1 Å². The molecule has 0 aromatic heterocycles. The number of carbonyl (C=O) groups is 2. The average Bonchev–Trinajstić information content (AvgIpc) is 3.29. The Balaban J connectivity index is 1.67. The van der Waals surface area contributed by atoms with Gasteiger partial charge in [0.15, 0.2) is 0 Å². The van der Waals surface area contributed by atoms with Crippen LogP contribution in [-0.2, 0) is 9.59 Å². The van der Waals surface area contributed by atoms with Gasteiger partial charge in [-0.2, -0.15) is 11.8 Å². The molecule has 0 unspecified atom stereocenters. The molecule has 2 aliphatic heterocycles. The van der Waals surface area contributed by atoms with Gasteiger partial charge in [0.2, 0.25) is 11.8 Å². The summed E-state index contributed by atoms with van der Waals surface area (Å²) in [6.45, 7) is 3.20. The number of nitrogens with one attached hydrogen (secondary N) is 2. The number of aliphatic hydroxyl groups is 1. The number of amides is 2. The van der Waals surface area contributed by atoms with Crippen molar-refractivity contribution in [1.29, 1.82) is 0 Å². The maximum absolute atomic E-state index is 12.1. The van der Waals surface area contributed by atoms with Crippen LogP contribution in [0.5, 0.6) is 0 Å². The summed E-state index contributed by atoms with van der Waals surface area (Å²) < 4.78 is 0. The first kappa shape index (κ1) is 23.3. The molecular weight excluding hydrogens is 372 g/mol. The zero-order valence-electron chi connectivity index (χ0n) is 17.3. The third kappa shape index (κ3) is 7.78. The number of allylic oxidation sites excluding steroid dienone is 2. The lowest BCUT2D eigenvalue weighted by molar-refractivity contribution is -0.126. The SMILES string of the molecule is CCCCCC(=O)NCC(=O)NC[C@@H]1[C@H](CC=CCCCCO)[C@@H]2CC[C@H]1S2. The molecule has 0 aliphatic carbocycles. The van der Waals surface area contributed by atoms with Crippen LogP contribution in [0, 0.1) is 11.8 Å². The van der Waals surface area contributed by atoms with E-state index in [1.54, 1.807) is 0 Å². The molecule has 0 saturated carbocycles. The van der Waals surface area contributed by atoms with Crippen LogP contribution in [0.15, 0.2) is 12.2 Å². The smallest absolute Gasteiger partial charge is 0.239 e. The number of carbonyl (C=O) groups excluding carboxylic acids is 2. The minimum atomic E-state index is -0.0742. The van der Waals surface area contributed by atoms with Gasteiger partial charge in [0.25, 0.3) is 0 Å². The molecule has 28 heavy (non-hydrogen) atoms. The summed E-state index contributed by atoms with van der Waals surface area (Å²) >= 11 is 2.11. The fourth-order valence-electron chi connectivity index (χ4n) is 4.32. The van der Waals surface area contributed by atoms with E-state index in [0.717, 1.165) is 56.7 Å². The summed E-state index contributed by atoms with van der Waals surface area (Å²) in [6.07, 6.45) is 14.7. The first-order valence-corrected chi connectivity index (χ1v) is 12.0. The molecule has 160 valence electrons. The molecule has 0 spiro atoms. The van der Waals surface area contributed by atoms with E-state index in [-0.39, 0.29) is 25.0 Å². The second-order valence-electron chi connectivity index (χ2n) is 8.08. The van der Waals surface area contributed by atoms with E-state index >= 15 is 0 Å². The van der Waals surface area contributed by atoms with Gasteiger partial charge in [-0.25, -0.2) is 0 Å². The van der Waals surface area contributed by atoms with Crippen molar-refractivity contribution in [2.75, 3.05) is 19.7 Å². The number of unbranched alkanes of at least 4 members (excludes halogenated alkanes) is 4. The maximum Gasteiger partial charge on any atom is 0.239 e. The normalized spacial score (nSPS) is 26.1. The van der Waals surface area contributed by atoms with E-state index in [1.807, 2.05) is 0 Å². The third-order valence-electron chi connectivity index (χ3n) is 5.93. The molecule has 2 bridgehead atoms. The Labute approximate surface area is 174 Å². The van der Waals surface area contributed by atoms with Gasteiger partial charge in [0.1, 0.15) is 0 Å². The van der Waals surface area contributed by atoms with Crippen molar-refractivity contribution >= 4 is 23.6 Å². The van der Waals surface area contributed by atoms with Crippen LogP contribution in [0.25, 0.3) is 0 Å². The minimum absolute atomic E-state index is 0.0247. The largest absolute Gasteiger partial charge is 0.396 e. The predicted octanol–water partition coefficient (Wildman–Crippen LogP) is 3.42. The van der Waals surface area contributed by atoms with Gasteiger partial charge in [-0.05, 0) is 56.8 Å². The Morgan fingerprint density at radius 3 is 2.54 bits per heavy atom. The average molecular weight is 411 g/mol. The van der Waals surface area contributed by atoms with E-state index in [2.05, 4.69) is 41.5 Å². The summed E-state index contributed by atoms with van der Waals surface area (Å²) in [6, 6.07) is 0. The summed E-state index contributed by atoms with van der Waals surface area (Å²) in [5.41, 5.74) is 0. The number of hydrogen-bond donors (Lipinski definition) is 3.